The van der Waals surface area contributed by atoms with Gasteiger partial charge in [0.25, 0.3) is 0 Å². The number of benzene rings is 1. The van der Waals surface area contributed by atoms with E-state index in [1.54, 1.807) is 0 Å². The molecule has 3 nitrogen and oxygen atoms in total. The molecule has 2 N–H and O–H groups in total. The highest BCUT2D eigenvalue weighted by molar-refractivity contribution is 5.79. The molecule has 18 heavy (non-hydrogen) atoms. The molecule has 0 saturated heterocycles. The van der Waals surface area contributed by atoms with Crippen molar-refractivity contribution in [2.75, 3.05) is 6.61 Å². The second-order valence-electron chi connectivity index (χ2n) is 5.30. The third-order valence-corrected chi connectivity index (χ3v) is 3.88. The number of aliphatic hydroxyl groups is 1. The van der Waals surface area contributed by atoms with Crippen molar-refractivity contribution in [2.45, 2.75) is 44.6 Å². The Balaban J connectivity index is 1.98. The van der Waals surface area contributed by atoms with E-state index in [1.807, 2.05) is 31.2 Å². The Morgan fingerprint density at radius 3 is 2.61 bits per heavy atom. The molecule has 1 aliphatic rings. The van der Waals surface area contributed by atoms with Crippen LogP contribution >= 0.6 is 0 Å². The number of amides is 1. The van der Waals surface area contributed by atoms with Gasteiger partial charge in [-0.25, -0.2) is 0 Å². The normalized spacial score (nSPS) is 17.7. The summed E-state index contributed by atoms with van der Waals surface area (Å²) in [7, 11) is 0. The van der Waals surface area contributed by atoms with E-state index in [2.05, 4.69) is 5.32 Å². The lowest BCUT2D eigenvalue weighted by Crippen LogP contribution is -2.49. The van der Waals surface area contributed by atoms with Crippen LogP contribution in [0.3, 0.4) is 0 Å². The maximum Gasteiger partial charge on any atom is 0.224 e. The molecule has 98 valence electrons. The topological polar surface area (TPSA) is 49.3 Å². The van der Waals surface area contributed by atoms with Crippen LogP contribution in [0.15, 0.2) is 24.3 Å². The minimum Gasteiger partial charge on any atom is -0.394 e. The summed E-state index contributed by atoms with van der Waals surface area (Å²) in [6, 6.07) is 7.92. The molecule has 1 saturated carbocycles. The van der Waals surface area contributed by atoms with Gasteiger partial charge in [0.15, 0.2) is 0 Å². The molecule has 1 aromatic carbocycles. The van der Waals surface area contributed by atoms with E-state index in [0.717, 1.165) is 36.8 Å². The van der Waals surface area contributed by atoms with Crippen LogP contribution in [0.5, 0.6) is 0 Å². The number of carbonyl (C=O) groups excluding carboxylic acids is 1. The molecule has 1 fully saturated rings. The van der Waals surface area contributed by atoms with Gasteiger partial charge >= 0.3 is 0 Å². The third-order valence-electron chi connectivity index (χ3n) is 3.88. The lowest BCUT2D eigenvalue weighted by Gasteiger charge is -2.28. The fourth-order valence-electron chi connectivity index (χ4n) is 2.70. The molecule has 0 atom stereocenters. The standard InChI is InChI=1S/C15H21NO2/c1-12-6-2-3-7-13(12)10-14(18)16-15(11-17)8-4-5-9-15/h2-3,6-7,17H,4-5,8-11H2,1H3,(H,16,18). The molecule has 0 heterocycles. The van der Waals surface area contributed by atoms with Crippen molar-refractivity contribution in [3.8, 4) is 0 Å². The van der Waals surface area contributed by atoms with Crippen LogP contribution in [0.25, 0.3) is 0 Å². The molecule has 2 rings (SSSR count). The van der Waals surface area contributed by atoms with E-state index in [-0.39, 0.29) is 18.1 Å². The Morgan fingerprint density at radius 1 is 1.33 bits per heavy atom. The first kappa shape index (κ1) is 13.1. The van der Waals surface area contributed by atoms with E-state index in [4.69, 9.17) is 0 Å². The third kappa shape index (κ3) is 2.91. The van der Waals surface area contributed by atoms with Gasteiger partial charge in [-0.05, 0) is 30.9 Å². The molecule has 3 heteroatoms. The van der Waals surface area contributed by atoms with E-state index in [9.17, 15) is 9.90 Å². The molecular weight excluding hydrogens is 226 g/mol. The molecule has 0 spiro atoms. The van der Waals surface area contributed by atoms with Crippen molar-refractivity contribution >= 4 is 5.91 Å². The molecule has 1 aromatic rings. The molecular formula is C15H21NO2. The van der Waals surface area contributed by atoms with Crippen molar-refractivity contribution in [3.05, 3.63) is 35.4 Å². The Morgan fingerprint density at radius 2 is 2.00 bits per heavy atom. The number of hydrogen-bond acceptors (Lipinski definition) is 2. The zero-order chi connectivity index (χ0) is 13.0. The van der Waals surface area contributed by atoms with Crippen LogP contribution in [0.4, 0.5) is 0 Å². The van der Waals surface area contributed by atoms with Crippen LogP contribution in [-0.2, 0) is 11.2 Å². The van der Waals surface area contributed by atoms with E-state index in [0.29, 0.717) is 6.42 Å². The number of aliphatic hydroxyl groups excluding tert-OH is 1. The highest BCUT2D eigenvalue weighted by atomic mass is 16.3. The first-order chi connectivity index (χ1) is 8.65. The Bertz CT molecular complexity index is 422. The van der Waals surface area contributed by atoms with Gasteiger partial charge < -0.3 is 10.4 Å². The van der Waals surface area contributed by atoms with Gasteiger partial charge in [0.1, 0.15) is 0 Å². The van der Waals surface area contributed by atoms with E-state index < -0.39 is 0 Å². The maximum atomic E-state index is 12.1. The Kier molecular flexibility index (Phi) is 4.02. The second-order valence-corrected chi connectivity index (χ2v) is 5.30. The molecule has 0 unspecified atom stereocenters. The van der Waals surface area contributed by atoms with Crippen molar-refractivity contribution < 1.29 is 9.90 Å². The van der Waals surface area contributed by atoms with Crippen LogP contribution in [-0.4, -0.2) is 23.2 Å². The number of hydrogen-bond donors (Lipinski definition) is 2. The summed E-state index contributed by atoms with van der Waals surface area (Å²) in [5.41, 5.74) is 1.83. The van der Waals surface area contributed by atoms with Crippen LogP contribution in [0.1, 0.15) is 36.8 Å². The zero-order valence-electron chi connectivity index (χ0n) is 10.9. The lowest BCUT2D eigenvalue weighted by atomic mass is 9.97. The molecule has 1 aliphatic carbocycles. The summed E-state index contributed by atoms with van der Waals surface area (Å²) in [6.45, 7) is 2.06. The fourth-order valence-corrected chi connectivity index (χ4v) is 2.70. The smallest absolute Gasteiger partial charge is 0.224 e. The molecule has 0 aromatic heterocycles. The maximum absolute atomic E-state index is 12.1. The molecule has 0 radical (unpaired) electrons. The first-order valence-corrected chi connectivity index (χ1v) is 6.62. The average Bonchev–Trinajstić information content (AvgIpc) is 2.81. The summed E-state index contributed by atoms with van der Waals surface area (Å²) >= 11 is 0. The van der Waals surface area contributed by atoms with Crippen LogP contribution < -0.4 is 5.32 Å². The molecule has 0 aliphatic heterocycles. The monoisotopic (exact) mass is 247 g/mol. The second kappa shape index (κ2) is 5.53. The van der Waals surface area contributed by atoms with Crippen molar-refractivity contribution in [2.24, 2.45) is 0 Å². The molecule has 1 amide bonds. The van der Waals surface area contributed by atoms with Crippen molar-refractivity contribution in [1.82, 2.24) is 5.32 Å². The summed E-state index contributed by atoms with van der Waals surface area (Å²) in [5.74, 6) is 0.0141. The van der Waals surface area contributed by atoms with E-state index >= 15 is 0 Å². The number of nitrogens with one attached hydrogen (secondary N) is 1. The highest BCUT2D eigenvalue weighted by Crippen LogP contribution is 2.29. The van der Waals surface area contributed by atoms with Crippen LogP contribution in [0, 0.1) is 6.92 Å². The zero-order valence-corrected chi connectivity index (χ0v) is 10.9. The quantitative estimate of drug-likeness (QED) is 0.854. The van der Waals surface area contributed by atoms with E-state index in [1.165, 1.54) is 0 Å². The first-order valence-electron chi connectivity index (χ1n) is 6.62. The minimum atomic E-state index is -0.361. The molecule has 0 bridgehead atoms. The van der Waals surface area contributed by atoms with Gasteiger partial charge in [0.05, 0.1) is 18.6 Å². The Labute approximate surface area is 108 Å². The van der Waals surface area contributed by atoms with Crippen molar-refractivity contribution in [1.29, 1.82) is 0 Å². The average molecular weight is 247 g/mol. The van der Waals surface area contributed by atoms with Gasteiger partial charge in [-0.15, -0.1) is 0 Å². The number of carbonyl (C=O) groups is 1. The van der Waals surface area contributed by atoms with Gasteiger partial charge in [-0.1, -0.05) is 37.1 Å². The van der Waals surface area contributed by atoms with Crippen molar-refractivity contribution in [3.63, 3.8) is 0 Å². The summed E-state index contributed by atoms with van der Waals surface area (Å²) in [4.78, 5) is 12.1. The number of aryl methyl sites for hydroxylation is 1. The highest BCUT2D eigenvalue weighted by Gasteiger charge is 2.34. The Hall–Kier alpha value is -1.35. The summed E-state index contributed by atoms with van der Waals surface area (Å²) in [5, 5.41) is 12.5. The number of rotatable bonds is 4. The minimum absolute atomic E-state index is 0.0141. The summed E-state index contributed by atoms with van der Waals surface area (Å²) in [6.07, 6.45) is 4.36. The van der Waals surface area contributed by atoms with Gasteiger partial charge in [-0.3, -0.25) is 4.79 Å². The largest absolute Gasteiger partial charge is 0.394 e. The SMILES string of the molecule is Cc1ccccc1CC(=O)NC1(CO)CCCC1. The summed E-state index contributed by atoms with van der Waals surface area (Å²) < 4.78 is 0. The van der Waals surface area contributed by atoms with Crippen LogP contribution in [0.2, 0.25) is 0 Å². The fraction of sp³-hybridized carbons (Fsp3) is 0.533. The van der Waals surface area contributed by atoms with Gasteiger partial charge in [-0.2, -0.15) is 0 Å². The lowest BCUT2D eigenvalue weighted by molar-refractivity contribution is -0.122. The predicted octanol–water partition coefficient (Wildman–Crippen LogP) is 1.96. The van der Waals surface area contributed by atoms with Gasteiger partial charge in [0.2, 0.25) is 5.91 Å². The predicted molar refractivity (Wildman–Crippen MR) is 71.3 cm³/mol. The van der Waals surface area contributed by atoms with Gasteiger partial charge in [0, 0.05) is 0 Å².